The summed E-state index contributed by atoms with van der Waals surface area (Å²) < 4.78 is 0. The fourth-order valence-corrected chi connectivity index (χ4v) is 3.52. The van der Waals surface area contributed by atoms with Crippen molar-refractivity contribution in [2.75, 3.05) is 18.4 Å². The lowest BCUT2D eigenvalue weighted by atomic mass is 9.95. The summed E-state index contributed by atoms with van der Waals surface area (Å²) in [5.74, 6) is -0.0675. The highest BCUT2D eigenvalue weighted by Gasteiger charge is 2.35. The highest BCUT2D eigenvalue weighted by Crippen LogP contribution is 2.16. The van der Waals surface area contributed by atoms with Crippen molar-refractivity contribution in [3.8, 4) is 0 Å². The summed E-state index contributed by atoms with van der Waals surface area (Å²) in [4.78, 5) is 26.4. The lowest BCUT2D eigenvalue weighted by molar-refractivity contribution is -0.125. The third-order valence-electron chi connectivity index (χ3n) is 4.96. The van der Waals surface area contributed by atoms with Crippen LogP contribution in [0.25, 0.3) is 0 Å². The number of likely N-dealkylation sites (tertiary alicyclic amines) is 1. The van der Waals surface area contributed by atoms with Gasteiger partial charge in [-0.05, 0) is 44.4 Å². The van der Waals surface area contributed by atoms with Crippen LogP contribution in [0.5, 0.6) is 0 Å². The Bertz CT molecular complexity index is 620. The maximum Gasteiger partial charge on any atom is 0.321 e. The van der Waals surface area contributed by atoms with E-state index in [1.807, 2.05) is 43.0 Å². The predicted octanol–water partition coefficient (Wildman–Crippen LogP) is 1.43. The standard InChI is InChI=1S/C18H27N5O2/c1-12-16(13(2)22-21-12)17(24)19-11-14-6-5-7-15(10-14)20-18(25)23-8-3-4-9-23/h5-7,10,12-13,16,21-22H,3-4,8-9,11H2,1-2H3,(H,19,24)(H,20,25). The first kappa shape index (κ1) is 17.7. The van der Waals surface area contributed by atoms with Crippen molar-refractivity contribution in [2.45, 2.75) is 45.3 Å². The molecule has 136 valence electrons. The van der Waals surface area contributed by atoms with Gasteiger partial charge >= 0.3 is 6.03 Å². The van der Waals surface area contributed by atoms with E-state index in [-0.39, 0.29) is 29.9 Å². The number of hydrazine groups is 1. The maximum atomic E-state index is 12.4. The lowest BCUT2D eigenvalue weighted by Gasteiger charge is -2.18. The van der Waals surface area contributed by atoms with Gasteiger partial charge in [-0.3, -0.25) is 15.6 Å². The second-order valence-corrected chi connectivity index (χ2v) is 6.93. The number of hydrogen-bond donors (Lipinski definition) is 4. The maximum absolute atomic E-state index is 12.4. The summed E-state index contributed by atoms with van der Waals surface area (Å²) >= 11 is 0. The number of carbonyl (C=O) groups excluding carboxylic acids is 2. The van der Waals surface area contributed by atoms with Gasteiger partial charge in [0.25, 0.3) is 0 Å². The van der Waals surface area contributed by atoms with E-state index in [0.29, 0.717) is 6.54 Å². The van der Waals surface area contributed by atoms with Gasteiger partial charge in [-0.1, -0.05) is 12.1 Å². The van der Waals surface area contributed by atoms with Crippen molar-refractivity contribution < 1.29 is 9.59 Å². The Hall–Kier alpha value is -2.12. The van der Waals surface area contributed by atoms with E-state index < -0.39 is 0 Å². The van der Waals surface area contributed by atoms with E-state index in [0.717, 1.165) is 37.2 Å². The summed E-state index contributed by atoms with van der Waals surface area (Å²) in [6.45, 7) is 6.08. The van der Waals surface area contributed by atoms with Crippen molar-refractivity contribution in [1.82, 2.24) is 21.1 Å². The lowest BCUT2D eigenvalue weighted by Crippen LogP contribution is -2.39. The zero-order chi connectivity index (χ0) is 17.8. The molecule has 3 amide bonds. The SMILES string of the molecule is CC1NNC(C)C1C(=O)NCc1cccc(NC(=O)N2CCCC2)c1. The fourth-order valence-electron chi connectivity index (χ4n) is 3.52. The largest absolute Gasteiger partial charge is 0.352 e. The Morgan fingerprint density at radius 3 is 2.52 bits per heavy atom. The second-order valence-electron chi connectivity index (χ2n) is 6.93. The number of benzene rings is 1. The molecule has 2 fully saturated rings. The molecule has 2 atom stereocenters. The number of rotatable bonds is 4. The molecule has 0 bridgehead atoms. The predicted molar refractivity (Wildman–Crippen MR) is 96.8 cm³/mol. The summed E-state index contributed by atoms with van der Waals surface area (Å²) in [7, 11) is 0. The van der Waals surface area contributed by atoms with E-state index in [4.69, 9.17) is 0 Å². The third kappa shape index (κ3) is 4.29. The minimum atomic E-state index is -0.0990. The molecule has 0 aromatic heterocycles. The molecule has 2 saturated heterocycles. The number of amides is 3. The van der Waals surface area contributed by atoms with Crippen molar-refractivity contribution in [2.24, 2.45) is 5.92 Å². The van der Waals surface area contributed by atoms with Crippen LogP contribution in [0.4, 0.5) is 10.5 Å². The number of nitrogens with one attached hydrogen (secondary N) is 4. The molecule has 4 N–H and O–H groups in total. The van der Waals surface area contributed by atoms with Gasteiger partial charge in [0.05, 0.1) is 5.92 Å². The molecule has 0 radical (unpaired) electrons. The van der Waals surface area contributed by atoms with Crippen LogP contribution in [0.1, 0.15) is 32.3 Å². The fraction of sp³-hybridized carbons (Fsp3) is 0.556. The number of hydrogen-bond acceptors (Lipinski definition) is 4. The van der Waals surface area contributed by atoms with Crippen LogP contribution < -0.4 is 21.5 Å². The van der Waals surface area contributed by atoms with E-state index in [2.05, 4.69) is 21.5 Å². The summed E-state index contributed by atoms with van der Waals surface area (Å²) in [5, 5.41) is 5.93. The Morgan fingerprint density at radius 2 is 1.84 bits per heavy atom. The molecular formula is C18H27N5O2. The monoisotopic (exact) mass is 345 g/mol. The summed E-state index contributed by atoms with van der Waals surface area (Å²) in [5.41, 5.74) is 7.91. The quantitative estimate of drug-likeness (QED) is 0.665. The van der Waals surface area contributed by atoms with Crippen molar-refractivity contribution in [1.29, 1.82) is 0 Å². The van der Waals surface area contributed by atoms with Gasteiger partial charge in [-0.2, -0.15) is 0 Å². The molecule has 2 heterocycles. The molecule has 2 unspecified atom stereocenters. The Kier molecular flexibility index (Phi) is 5.55. The number of anilines is 1. The molecule has 0 spiro atoms. The Labute approximate surface area is 148 Å². The van der Waals surface area contributed by atoms with Gasteiger partial charge in [0.1, 0.15) is 0 Å². The molecule has 1 aromatic carbocycles. The van der Waals surface area contributed by atoms with Gasteiger partial charge in [0.2, 0.25) is 5.91 Å². The first-order valence-corrected chi connectivity index (χ1v) is 8.98. The van der Waals surface area contributed by atoms with Crippen LogP contribution in [0.15, 0.2) is 24.3 Å². The minimum absolute atomic E-state index is 0.0315. The molecule has 7 heteroatoms. The van der Waals surface area contributed by atoms with E-state index in [9.17, 15) is 9.59 Å². The normalized spacial score (nSPS) is 25.8. The number of urea groups is 1. The highest BCUT2D eigenvalue weighted by molar-refractivity contribution is 5.89. The second kappa shape index (κ2) is 7.84. The minimum Gasteiger partial charge on any atom is -0.352 e. The zero-order valence-corrected chi connectivity index (χ0v) is 14.8. The zero-order valence-electron chi connectivity index (χ0n) is 14.8. The molecule has 1 aromatic rings. The first-order chi connectivity index (χ1) is 12.0. The number of carbonyl (C=O) groups is 2. The van der Waals surface area contributed by atoms with E-state index in [1.54, 1.807) is 0 Å². The van der Waals surface area contributed by atoms with Gasteiger partial charge < -0.3 is 15.5 Å². The average molecular weight is 345 g/mol. The third-order valence-corrected chi connectivity index (χ3v) is 4.96. The van der Waals surface area contributed by atoms with Gasteiger partial charge in [-0.15, -0.1) is 0 Å². The van der Waals surface area contributed by atoms with Crippen LogP contribution in [-0.4, -0.2) is 42.0 Å². The average Bonchev–Trinajstić information content (AvgIpc) is 3.23. The molecule has 25 heavy (non-hydrogen) atoms. The van der Waals surface area contributed by atoms with Crippen LogP contribution in [0.2, 0.25) is 0 Å². The molecule has 7 nitrogen and oxygen atoms in total. The molecule has 0 aliphatic carbocycles. The molecule has 0 saturated carbocycles. The van der Waals surface area contributed by atoms with Crippen LogP contribution >= 0.6 is 0 Å². The summed E-state index contributed by atoms with van der Waals surface area (Å²) in [6.07, 6.45) is 2.14. The molecule has 2 aliphatic rings. The number of nitrogens with zero attached hydrogens (tertiary/aromatic N) is 1. The topological polar surface area (TPSA) is 85.5 Å². The van der Waals surface area contributed by atoms with Gasteiger partial charge in [0, 0.05) is 37.4 Å². The Balaban J connectivity index is 1.54. The van der Waals surface area contributed by atoms with Crippen LogP contribution in [0.3, 0.4) is 0 Å². The van der Waals surface area contributed by atoms with Crippen LogP contribution in [0, 0.1) is 5.92 Å². The smallest absolute Gasteiger partial charge is 0.321 e. The van der Waals surface area contributed by atoms with Gasteiger partial charge in [0.15, 0.2) is 0 Å². The summed E-state index contributed by atoms with van der Waals surface area (Å²) in [6, 6.07) is 7.77. The van der Waals surface area contributed by atoms with Gasteiger partial charge in [-0.25, -0.2) is 4.79 Å². The molecule has 3 rings (SSSR count). The van der Waals surface area contributed by atoms with Crippen LogP contribution in [-0.2, 0) is 11.3 Å². The molecule has 2 aliphatic heterocycles. The van der Waals surface area contributed by atoms with Crippen molar-refractivity contribution in [3.63, 3.8) is 0 Å². The van der Waals surface area contributed by atoms with Crippen molar-refractivity contribution >= 4 is 17.6 Å². The van der Waals surface area contributed by atoms with E-state index >= 15 is 0 Å². The molecular weight excluding hydrogens is 318 g/mol. The van der Waals surface area contributed by atoms with Crippen molar-refractivity contribution in [3.05, 3.63) is 29.8 Å². The highest BCUT2D eigenvalue weighted by atomic mass is 16.2. The van der Waals surface area contributed by atoms with E-state index in [1.165, 1.54) is 0 Å². The first-order valence-electron chi connectivity index (χ1n) is 8.98. The Morgan fingerprint density at radius 1 is 1.16 bits per heavy atom.